The van der Waals surface area contributed by atoms with Crippen molar-refractivity contribution in [1.29, 1.82) is 0 Å². The van der Waals surface area contributed by atoms with Crippen LogP contribution in [0.25, 0.3) is 21.8 Å². The van der Waals surface area contributed by atoms with Gasteiger partial charge in [-0.3, -0.25) is 9.80 Å². The number of hydrogen-bond acceptors (Lipinski definition) is 7. The Morgan fingerprint density at radius 2 is 0.973 bits per heavy atom. The molecule has 0 spiro atoms. The van der Waals surface area contributed by atoms with Crippen molar-refractivity contribution in [2.45, 2.75) is 71.1 Å². The molecule has 2 aromatic heterocycles. The summed E-state index contributed by atoms with van der Waals surface area (Å²) in [5, 5.41) is 21.4. The number of fused-ring (bicyclic) bond motifs is 2. The number of carboxylic acids is 2. The Morgan fingerprint density at radius 3 is 1.48 bits per heavy atom. The van der Waals surface area contributed by atoms with E-state index in [2.05, 4.69) is 130 Å². The lowest BCUT2D eigenvalue weighted by Crippen LogP contribution is -2.35. The average molecular weight is 981 g/mol. The Bertz CT molecular complexity index is 3060. The number of aromatic carboxylic acids is 2. The molecule has 2 N–H and O–H groups in total. The number of carboxylic acid groups (broad SMARTS) is 2. The number of likely N-dealkylation sites (tertiary alicyclic amines) is 2. The summed E-state index contributed by atoms with van der Waals surface area (Å²) in [6, 6.07) is 49.8. The number of para-hydroxylation sites is 4. The summed E-state index contributed by atoms with van der Waals surface area (Å²) < 4.78 is 22.4. The summed E-state index contributed by atoms with van der Waals surface area (Å²) in [6.45, 7) is 13.6. The predicted molar refractivity (Wildman–Crippen MR) is 290 cm³/mol. The minimum Gasteiger partial charge on any atom is -0.491 e. The van der Waals surface area contributed by atoms with Crippen LogP contribution in [0.2, 0.25) is 0 Å². The molecule has 11 heteroatoms. The zero-order valence-corrected chi connectivity index (χ0v) is 42.2. The van der Waals surface area contributed by atoms with E-state index in [0.717, 1.165) is 89.4 Å². The van der Waals surface area contributed by atoms with E-state index in [1.165, 1.54) is 38.5 Å². The van der Waals surface area contributed by atoms with Gasteiger partial charge in [-0.05, 0) is 140 Å². The van der Waals surface area contributed by atoms with Gasteiger partial charge in [-0.1, -0.05) is 117 Å². The monoisotopic (exact) mass is 981 g/mol. The molecule has 8 aromatic rings. The normalized spacial score (nSPS) is 14.8. The molecular formula is C62H68N4O7. The van der Waals surface area contributed by atoms with Crippen LogP contribution in [0.15, 0.2) is 164 Å². The Balaban J connectivity index is 0.000000188. The van der Waals surface area contributed by atoms with Crippen molar-refractivity contribution in [2.75, 3.05) is 52.5 Å². The smallest absolute Gasteiger partial charge is 0.339 e. The first kappa shape index (κ1) is 50.6. The number of nitrogens with zero attached hydrogens (tertiary/aromatic N) is 4. The molecule has 0 saturated carbocycles. The van der Waals surface area contributed by atoms with Crippen LogP contribution in [-0.2, 0) is 19.7 Å². The molecule has 0 amide bonds. The predicted octanol–water partition coefficient (Wildman–Crippen LogP) is 12.5. The highest BCUT2D eigenvalue weighted by Gasteiger charge is 2.26. The first-order valence-electron chi connectivity index (χ1n) is 25.9. The Hall–Kier alpha value is -7.34. The van der Waals surface area contributed by atoms with E-state index in [4.69, 9.17) is 14.2 Å². The third kappa shape index (κ3) is 13.0. The zero-order valence-electron chi connectivity index (χ0n) is 42.2. The number of rotatable bonds is 19. The highest BCUT2D eigenvalue weighted by atomic mass is 16.5. The van der Waals surface area contributed by atoms with E-state index in [9.17, 15) is 19.8 Å². The van der Waals surface area contributed by atoms with Crippen LogP contribution in [0, 0.1) is 5.92 Å². The number of hydrogen-bond donors (Lipinski definition) is 2. The number of piperidine rings is 2. The molecular weight excluding hydrogens is 913 g/mol. The summed E-state index contributed by atoms with van der Waals surface area (Å²) in [7, 11) is 0. The number of ether oxygens (including phenoxy) is 3. The van der Waals surface area contributed by atoms with Crippen LogP contribution < -0.4 is 14.2 Å². The van der Waals surface area contributed by atoms with Gasteiger partial charge in [0, 0.05) is 60.4 Å². The average Bonchev–Trinajstić information content (AvgIpc) is 3.97. The van der Waals surface area contributed by atoms with Gasteiger partial charge in [-0.2, -0.15) is 0 Å². The fourth-order valence-corrected chi connectivity index (χ4v) is 10.5. The lowest BCUT2D eigenvalue weighted by Gasteiger charge is -2.31. The third-order valence-corrected chi connectivity index (χ3v) is 14.3. The lowest BCUT2D eigenvalue weighted by atomic mass is 9.89. The first-order valence-corrected chi connectivity index (χ1v) is 25.9. The maximum absolute atomic E-state index is 11.4. The minimum atomic E-state index is -0.963. The molecule has 2 fully saturated rings. The van der Waals surface area contributed by atoms with Gasteiger partial charge in [0.15, 0.2) is 0 Å². The van der Waals surface area contributed by atoms with Crippen LogP contribution >= 0.6 is 0 Å². The van der Waals surface area contributed by atoms with Crippen molar-refractivity contribution in [2.24, 2.45) is 5.92 Å². The molecule has 6 aromatic carbocycles. The van der Waals surface area contributed by atoms with Gasteiger partial charge in [0.2, 0.25) is 0 Å². The number of aromatic nitrogens is 2. The van der Waals surface area contributed by atoms with E-state index in [-0.39, 0.29) is 11.1 Å². The van der Waals surface area contributed by atoms with Gasteiger partial charge in [0.25, 0.3) is 0 Å². The van der Waals surface area contributed by atoms with E-state index in [1.54, 1.807) is 42.5 Å². The van der Waals surface area contributed by atoms with Crippen LogP contribution in [0.3, 0.4) is 0 Å². The van der Waals surface area contributed by atoms with Gasteiger partial charge in [0.1, 0.15) is 48.2 Å². The first-order chi connectivity index (χ1) is 35.7. The maximum Gasteiger partial charge on any atom is 0.339 e. The molecule has 0 unspecified atom stereocenters. The van der Waals surface area contributed by atoms with Crippen molar-refractivity contribution >= 4 is 33.7 Å². The number of benzene rings is 6. The van der Waals surface area contributed by atoms with E-state index >= 15 is 0 Å². The second kappa shape index (κ2) is 24.4. The van der Waals surface area contributed by atoms with Crippen molar-refractivity contribution < 1.29 is 34.0 Å². The zero-order chi connectivity index (χ0) is 50.5. The van der Waals surface area contributed by atoms with Crippen LogP contribution in [-0.4, -0.2) is 93.6 Å². The molecule has 0 bridgehead atoms. The summed E-state index contributed by atoms with van der Waals surface area (Å²) in [5.74, 6) is 1.56. The van der Waals surface area contributed by atoms with Gasteiger partial charge >= 0.3 is 11.9 Å². The quantitative estimate of drug-likeness (QED) is 0.0816. The van der Waals surface area contributed by atoms with Crippen LogP contribution in [0.4, 0.5) is 0 Å². The van der Waals surface area contributed by atoms with E-state index < -0.39 is 11.9 Å². The maximum atomic E-state index is 11.4. The van der Waals surface area contributed by atoms with E-state index in [0.29, 0.717) is 49.1 Å². The van der Waals surface area contributed by atoms with Crippen LogP contribution in [0.1, 0.15) is 94.3 Å². The van der Waals surface area contributed by atoms with Gasteiger partial charge in [-0.25, -0.2) is 9.59 Å². The fraction of sp³-hybridized carbons (Fsp3) is 0.323. The number of carbonyl (C=O) groups is 2. The Labute approximate surface area is 429 Å². The van der Waals surface area contributed by atoms with Crippen molar-refractivity contribution in [3.8, 4) is 17.2 Å². The molecule has 73 heavy (non-hydrogen) atoms. The van der Waals surface area contributed by atoms with Crippen molar-refractivity contribution in [1.82, 2.24) is 18.9 Å². The lowest BCUT2D eigenvalue weighted by molar-refractivity contribution is 0.0680. The van der Waals surface area contributed by atoms with Crippen molar-refractivity contribution in [3.05, 3.63) is 197 Å². The Kier molecular flexibility index (Phi) is 16.9. The summed E-state index contributed by atoms with van der Waals surface area (Å²) >= 11 is 0. The second-order valence-electron chi connectivity index (χ2n) is 19.8. The molecule has 378 valence electrons. The third-order valence-electron chi connectivity index (χ3n) is 14.3. The molecule has 2 saturated heterocycles. The molecule has 10 rings (SSSR count). The van der Waals surface area contributed by atoms with Gasteiger partial charge in [0.05, 0.1) is 0 Å². The van der Waals surface area contributed by atoms with Crippen molar-refractivity contribution in [3.63, 3.8) is 0 Å². The Morgan fingerprint density at radius 1 is 0.521 bits per heavy atom. The van der Waals surface area contributed by atoms with E-state index in [1.807, 2.05) is 24.3 Å². The molecule has 0 atom stereocenters. The molecule has 0 radical (unpaired) electrons. The molecule has 0 aliphatic carbocycles. The highest BCUT2D eigenvalue weighted by Crippen LogP contribution is 2.37. The topological polar surface area (TPSA) is 119 Å². The van der Waals surface area contributed by atoms with Gasteiger partial charge in [-0.15, -0.1) is 0 Å². The van der Waals surface area contributed by atoms with Crippen LogP contribution in [0.5, 0.6) is 17.2 Å². The van der Waals surface area contributed by atoms with Gasteiger partial charge < -0.3 is 33.6 Å². The fourth-order valence-electron chi connectivity index (χ4n) is 10.5. The minimum absolute atomic E-state index is 0.208. The SMILES string of the molecule is CC(C)Cn1cc(C2CCN(CCOc3ccccc3C(=O)O)CC2)c2ccccc21.O=C(O)c1ccccc1OCCN1CCC(c2cn(Cc3ccc(OCc4ccccc4)cc3)c3ccccc23)CC1. The highest BCUT2D eigenvalue weighted by molar-refractivity contribution is 5.91. The second-order valence-corrected chi connectivity index (χ2v) is 19.8. The summed E-state index contributed by atoms with van der Waals surface area (Å²) in [5.41, 5.74) is 8.37. The summed E-state index contributed by atoms with van der Waals surface area (Å²) in [4.78, 5) is 27.6. The molecule has 11 nitrogen and oxygen atoms in total. The standard InChI is InChI=1S/C36H36N2O4.C26H32N2O3/c39-36(40)32-11-5-7-13-35(32)41-23-22-37-20-18-29(19-21-37)33-25-38(34-12-6-4-10-31(33)34)24-27-14-16-30(17-15-27)42-26-28-8-2-1-3-9-28;1-19(2)17-28-18-23(21-7-3-5-9-24(21)28)20-11-13-27(14-12-20)15-16-31-25-10-6-4-8-22(25)26(29)30/h1-17,25,29H,18-24,26H2,(H,39,40);3-10,18-20H,11-17H2,1-2H3,(H,29,30). The largest absolute Gasteiger partial charge is 0.491 e. The summed E-state index contributed by atoms with van der Waals surface area (Å²) in [6.07, 6.45) is 9.21. The molecule has 2 aliphatic heterocycles. The molecule has 4 heterocycles. The molecule has 2 aliphatic rings.